The lowest BCUT2D eigenvalue weighted by Gasteiger charge is -2.20. The van der Waals surface area contributed by atoms with Crippen LogP contribution in [0.15, 0.2) is 36.7 Å². The van der Waals surface area contributed by atoms with Crippen LogP contribution < -0.4 is 0 Å². The Labute approximate surface area is 119 Å². The van der Waals surface area contributed by atoms with Crippen LogP contribution in [-0.4, -0.2) is 22.6 Å². The molecule has 1 heterocycles. The van der Waals surface area contributed by atoms with E-state index in [0.717, 1.165) is 11.4 Å². The SMILES string of the molecule is COC(=O)c1ccccc1Cn1ccnc1C(C)(C)C. The number of imidazole rings is 1. The molecule has 0 aliphatic heterocycles. The van der Waals surface area contributed by atoms with Gasteiger partial charge in [0.2, 0.25) is 0 Å². The lowest BCUT2D eigenvalue weighted by Crippen LogP contribution is -2.20. The molecule has 0 N–H and O–H groups in total. The third kappa shape index (κ3) is 2.90. The molecule has 0 spiro atoms. The van der Waals surface area contributed by atoms with Gasteiger partial charge in [0.05, 0.1) is 12.7 Å². The summed E-state index contributed by atoms with van der Waals surface area (Å²) in [6, 6.07) is 7.50. The fourth-order valence-electron chi connectivity index (χ4n) is 2.23. The van der Waals surface area contributed by atoms with Crippen molar-refractivity contribution >= 4 is 5.97 Å². The van der Waals surface area contributed by atoms with Gasteiger partial charge in [-0.1, -0.05) is 39.0 Å². The summed E-state index contributed by atoms with van der Waals surface area (Å²) < 4.78 is 6.90. The highest BCUT2D eigenvalue weighted by Crippen LogP contribution is 2.22. The zero-order valence-corrected chi connectivity index (χ0v) is 12.4. The number of nitrogens with zero attached hydrogens (tertiary/aromatic N) is 2. The van der Waals surface area contributed by atoms with Crippen molar-refractivity contribution in [3.63, 3.8) is 0 Å². The monoisotopic (exact) mass is 272 g/mol. The molecule has 0 fully saturated rings. The summed E-state index contributed by atoms with van der Waals surface area (Å²) in [7, 11) is 1.40. The number of ether oxygens (including phenoxy) is 1. The van der Waals surface area contributed by atoms with E-state index in [9.17, 15) is 4.79 Å². The summed E-state index contributed by atoms with van der Waals surface area (Å²) in [4.78, 5) is 16.2. The molecule has 1 aromatic carbocycles. The number of benzene rings is 1. The topological polar surface area (TPSA) is 44.1 Å². The second-order valence-electron chi connectivity index (χ2n) is 5.78. The van der Waals surface area contributed by atoms with Crippen molar-refractivity contribution < 1.29 is 9.53 Å². The predicted molar refractivity (Wildman–Crippen MR) is 77.8 cm³/mol. The van der Waals surface area contributed by atoms with Gasteiger partial charge in [-0.3, -0.25) is 0 Å². The summed E-state index contributed by atoms with van der Waals surface area (Å²) in [6.45, 7) is 6.98. The first kappa shape index (κ1) is 14.3. The van der Waals surface area contributed by atoms with Crippen molar-refractivity contribution in [3.05, 3.63) is 53.6 Å². The molecule has 1 aromatic heterocycles. The van der Waals surface area contributed by atoms with Gasteiger partial charge in [0.1, 0.15) is 5.82 Å². The molecule has 0 saturated heterocycles. The largest absolute Gasteiger partial charge is 0.465 e. The third-order valence-corrected chi connectivity index (χ3v) is 3.15. The van der Waals surface area contributed by atoms with Gasteiger partial charge in [0, 0.05) is 24.4 Å². The Morgan fingerprint density at radius 2 is 2.00 bits per heavy atom. The molecule has 2 rings (SSSR count). The number of aromatic nitrogens is 2. The highest BCUT2D eigenvalue weighted by Gasteiger charge is 2.20. The molecular weight excluding hydrogens is 252 g/mol. The number of hydrogen-bond donors (Lipinski definition) is 0. The zero-order chi connectivity index (χ0) is 14.8. The van der Waals surface area contributed by atoms with Crippen LogP contribution in [0.2, 0.25) is 0 Å². The molecule has 2 aromatic rings. The minimum atomic E-state index is -0.307. The van der Waals surface area contributed by atoms with E-state index in [2.05, 4.69) is 30.3 Å². The van der Waals surface area contributed by atoms with Crippen LogP contribution in [-0.2, 0) is 16.7 Å². The number of methoxy groups -OCH3 is 1. The number of carbonyl (C=O) groups excluding carboxylic acids is 1. The van der Waals surface area contributed by atoms with E-state index in [1.54, 1.807) is 12.3 Å². The van der Waals surface area contributed by atoms with Crippen LogP contribution in [0, 0.1) is 0 Å². The van der Waals surface area contributed by atoms with Crippen LogP contribution in [0.25, 0.3) is 0 Å². The first-order valence-corrected chi connectivity index (χ1v) is 6.61. The Bertz CT molecular complexity index is 609. The molecule has 0 amide bonds. The maximum atomic E-state index is 11.8. The number of rotatable bonds is 3. The molecule has 0 aliphatic rings. The van der Waals surface area contributed by atoms with Crippen molar-refractivity contribution in [3.8, 4) is 0 Å². The fourth-order valence-corrected chi connectivity index (χ4v) is 2.23. The summed E-state index contributed by atoms with van der Waals surface area (Å²) in [5, 5.41) is 0. The van der Waals surface area contributed by atoms with Gasteiger partial charge < -0.3 is 9.30 Å². The normalized spacial score (nSPS) is 11.4. The Morgan fingerprint density at radius 3 is 2.65 bits per heavy atom. The molecule has 4 nitrogen and oxygen atoms in total. The lowest BCUT2D eigenvalue weighted by molar-refractivity contribution is 0.0599. The van der Waals surface area contributed by atoms with Gasteiger partial charge >= 0.3 is 5.97 Å². The molecule has 0 saturated carbocycles. The fraction of sp³-hybridized carbons (Fsp3) is 0.375. The maximum Gasteiger partial charge on any atom is 0.338 e. The minimum Gasteiger partial charge on any atom is -0.465 e. The van der Waals surface area contributed by atoms with Gasteiger partial charge in [-0.15, -0.1) is 0 Å². The third-order valence-electron chi connectivity index (χ3n) is 3.15. The molecule has 4 heteroatoms. The van der Waals surface area contributed by atoms with E-state index in [1.165, 1.54) is 7.11 Å². The van der Waals surface area contributed by atoms with Crippen molar-refractivity contribution in [1.82, 2.24) is 9.55 Å². The van der Waals surface area contributed by atoms with E-state index < -0.39 is 0 Å². The average Bonchev–Trinajstić information content (AvgIpc) is 2.86. The Hall–Kier alpha value is -2.10. The van der Waals surface area contributed by atoms with Crippen molar-refractivity contribution in [2.45, 2.75) is 32.7 Å². The summed E-state index contributed by atoms with van der Waals surface area (Å²) in [5.41, 5.74) is 1.50. The minimum absolute atomic E-state index is 0.0380. The van der Waals surface area contributed by atoms with Crippen molar-refractivity contribution in [2.75, 3.05) is 7.11 Å². The maximum absolute atomic E-state index is 11.8. The summed E-state index contributed by atoms with van der Waals surface area (Å²) in [5.74, 6) is 0.690. The van der Waals surface area contributed by atoms with E-state index in [0.29, 0.717) is 12.1 Å². The Kier molecular flexibility index (Phi) is 3.93. The highest BCUT2D eigenvalue weighted by molar-refractivity contribution is 5.90. The molecule has 106 valence electrons. The molecule has 20 heavy (non-hydrogen) atoms. The van der Waals surface area contributed by atoms with Gasteiger partial charge in [0.25, 0.3) is 0 Å². The standard InChI is InChI=1S/C16H20N2O2/c1-16(2,3)15-17-9-10-18(15)11-12-7-5-6-8-13(12)14(19)20-4/h5-10H,11H2,1-4H3. The number of hydrogen-bond acceptors (Lipinski definition) is 3. The van der Waals surface area contributed by atoms with Gasteiger partial charge in [-0.2, -0.15) is 0 Å². The Balaban J connectivity index is 2.37. The lowest BCUT2D eigenvalue weighted by atomic mass is 9.95. The second kappa shape index (κ2) is 5.49. The predicted octanol–water partition coefficient (Wildman–Crippen LogP) is 3.02. The number of esters is 1. The van der Waals surface area contributed by atoms with Gasteiger partial charge in [-0.05, 0) is 11.6 Å². The molecule has 0 unspecified atom stereocenters. The van der Waals surface area contributed by atoms with Crippen molar-refractivity contribution in [1.29, 1.82) is 0 Å². The van der Waals surface area contributed by atoms with Crippen LogP contribution >= 0.6 is 0 Å². The second-order valence-corrected chi connectivity index (χ2v) is 5.78. The molecular formula is C16H20N2O2. The quantitative estimate of drug-likeness (QED) is 0.807. The van der Waals surface area contributed by atoms with E-state index in [-0.39, 0.29) is 11.4 Å². The molecule has 0 aliphatic carbocycles. The average molecular weight is 272 g/mol. The highest BCUT2D eigenvalue weighted by atomic mass is 16.5. The van der Waals surface area contributed by atoms with Crippen LogP contribution in [0.1, 0.15) is 42.5 Å². The van der Waals surface area contributed by atoms with Crippen LogP contribution in [0.3, 0.4) is 0 Å². The number of carbonyl (C=O) groups is 1. The zero-order valence-electron chi connectivity index (χ0n) is 12.4. The van der Waals surface area contributed by atoms with Crippen molar-refractivity contribution in [2.24, 2.45) is 0 Å². The summed E-state index contributed by atoms with van der Waals surface area (Å²) in [6.07, 6.45) is 3.73. The van der Waals surface area contributed by atoms with Gasteiger partial charge in [-0.25, -0.2) is 9.78 Å². The smallest absolute Gasteiger partial charge is 0.338 e. The molecule has 0 radical (unpaired) electrons. The summed E-state index contributed by atoms with van der Waals surface area (Å²) >= 11 is 0. The van der Waals surface area contributed by atoms with Crippen LogP contribution in [0.5, 0.6) is 0 Å². The van der Waals surface area contributed by atoms with E-state index in [4.69, 9.17) is 4.74 Å². The van der Waals surface area contributed by atoms with E-state index >= 15 is 0 Å². The molecule has 0 bridgehead atoms. The first-order valence-electron chi connectivity index (χ1n) is 6.61. The first-order chi connectivity index (χ1) is 9.43. The van der Waals surface area contributed by atoms with Gasteiger partial charge in [0.15, 0.2) is 0 Å². The Morgan fingerprint density at radius 1 is 1.30 bits per heavy atom. The van der Waals surface area contributed by atoms with Crippen LogP contribution in [0.4, 0.5) is 0 Å². The van der Waals surface area contributed by atoms with E-state index in [1.807, 2.05) is 24.4 Å². The molecule has 0 atom stereocenters.